The topological polar surface area (TPSA) is 108 Å². The molecule has 1 fully saturated rings. The minimum absolute atomic E-state index is 0.245. The number of aromatic hydroxyl groups is 1. The van der Waals surface area contributed by atoms with E-state index in [9.17, 15) is 10.2 Å². The first-order chi connectivity index (χ1) is 15.2. The lowest BCUT2D eigenvalue weighted by atomic mass is 9.95. The molecular weight excluding hydrogens is 404 g/mol. The number of nitrogens with one attached hydrogen (secondary N) is 2. The van der Waals surface area contributed by atoms with Gasteiger partial charge in [-0.2, -0.15) is 9.97 Å². The molecule has 32 heavy (non-hydrogen) atoms. The molecule has 2 aromatic heterocycles. The predicted octanol–water partition coefficient (Wildman–Crippen LogP) is 4.53. The normalized spacial score (nSPS) is 16.3. The molecule has 4 N–H and O–H groups in total. The Labute approximate surface area is 189 Å². The molecule has 1 atom stereocenters. The minimum Gasteiger partial charge on any atom is -0.508 e. The number of aryl methyl sites for hydroxylation is 1. The van der Waals surface area contributed by atoms with Gasteiger partial charge < -0.3 is 25.4 Å². The van der Waals surface area contributed by atoms with E-state index in [2.05, 4.69) is 25.2 Å². The Kier molecular flexibility index (Phi) is 6.24. The van der Waals surface area contributed by atoms with Crippen molar-refractivity contribution in [2.75, 3.05) is 10.6 Å². The molecule has 8 heteroatoms. The smallest absolute Gasteiger partial charge is 0.227 e. The van der Waals surface area contributed by atoms with Gasteiger partial charge in [0.15, 0.2) is 17.0 Å². The number of phenolic OH excluding ortho intramolecular Hbond substituents is 1. The van der Waals surface area contributed by atoms with Crippen LogP contribution in [0.15, 0.2) is 24.5 Å². The van der Waals surface area contributed by atoms with E-state index < -0.39 is 5.60 Å². The van der Waals surface area contributed by atoms with Crippen molar-refractivity contribution in [3.63, 3.8) is 0 Å². The number of hydrogen-bond acceptors (Lipinski definition) is 7. The van der Waals surface area contributed by atoms with E-state index in [-0.39, 0.29) is 11.8 Å². The van der Waals surface area contributed by atoms with Gasteiger partial charge in [-0.05, 0) is 46.6 Å². The van der Waals surface area contributed by atoms with Crippen molar-refractivity contribution in [1.29, 1.82) is 0 Å². The highest BCUT2D eigenvalue weighted by Crippen LogP contribution is 2.32. The molecule has 172 valence electrons. The third-order valence-corrected chi connectivity index (χ3v) is 6.48. The number of hydrogen-bond donors (Lipinski definition) is 4. The number of fused-ring (bicyclic) bond motifs is 1. The summed E-state index contributed by atoms with van der Waals surface area (Å²) in [5.74, 6) is 1.30. The third-order valence-electron chi connectivity index (χ3n) is 6.48. The summed E-state index contributed by atoms with van der Waals surface area (Å²) in [5, 5.41) is 27.2. The molecule has 0 radical (unpaired) electrons. The van der Waals surface area contributed by atoms with Gasteiger partial charge in [-0.25, -0.2) is 4.98 Å². The van der Waals surface area contributed by atoms with Crippen LogP contribution in [0.2, 0.25) is 0 Å². The maximum absolute atomic E-state index is 10.4. The third kappa shape index (κ3) is 4.80. The first-order valence-electron chi connectivity index (χ1n) is 11.5. The number of benzene rings is 1. The van der Waals surface area contributed by atoms with Gasteiger partial charge in [-0.15, -0.1) is 0 Å². The maximum atomic E-state index is 10.4. The second-order valence-electron chi connectivity index (χ2n) is 9.52. The van der Waals surface area contributed by atoms with Crippen LogP contribution < -0.4 is 10.6 Å². The summed E-state index contributed by atoms with van der Waals surface area (Å²) >= 11 is 0. The summed E-state index contributed by atoms with van der Waals surface area (Å²) in [6.45, 7) is 7.84. The minimum atomic E-state index is -0.928. The molecule has 0 bridgehead atoms. The summed E-state index contributed by atoms with van der Waals surface area (Å²) in [6.07, 6.45) is 7.83. The quantitative estimate of drug-likeness (QED) is 0.429. The average molecular weight is 439 g/mol. The van der Waals surface area contributed by atoms with E-state index >= 15 is 0 Å². The molecule has 0 saturated heterocycles. The fraction of sp³-hybridized carbons (Fsp3) is 0.542. The van der Waals surface area contributed by atoms with Crippen LogP contribution in [0.4, 0.5) is 11.8 Å². The number of rotatable bonds is 7. The average Bonchev–Trinajstić information content (AvgIpc) is 3.18. The van der Waals surface area contributed by atoms with Crippen molar-refractivity contribution in [2.24, 2.45) is 0 Å². The molecule has 1 saturated carbocycles. The number of imidazole rings is 1. The first kappa shape index (κ1) is 22.3. The van der Waals surface area contributed by atoms with Gasteiger partial charge >= 0.3 is 0 Å². The Morgan fingerprint density at radius 3 is 2.66 bits per heavy atom. The fourth-order valence-corrected chi connectivity index (χ4v) is 4.14. The molecule has 0 aliphatic heterocycles. The monoisotopic (exact) mass is 438 g/mol. The Balaban J connectivity index is 1.70. The number of aromatic nitrogens is 4. The van der Waals surface area contributed by atoms with Crippen molar-refractivity contribution in [2.45, 2.75) is 84.0 Å². The molecule has 3 aromatic rings. The number of nitrogens with zero attached hydrogens (tertiary/aromatic N) is 4. The Morgan fingerprint density at radius 1 is 1.19 bits per heavy atom. The summed E-state index contributed by atoms with van der Waals surface area (Å²) in [4.78, 5) is 14.1. The van der Waals surface area contributed by atoms with Gasteiger partial charge in [-0.3, -0.25) is 0 Å². The van der Waals surface area contributed by atoms with Crippen molar-refractivity contribution in [3.05, 3.63) is 35.7 Å². The molecule has 2 heterocycles. The van der Waals surface area contributed by atoms with Crippen LogP contribution in [0.1, 0.15) is 70.0 Å². The summed E-state index contributed by atoms with van der Waals surface area (Å²) in [5.41, 5.74) is 2.44. The molecular formula is C24H34N6O2. The van der Waals surface area contributed by atoms with Gasteiger partial charge in [0, 0.05) is 18.2 Å². The molecule has 1 aromatic carbocycles. The molecule has 1 unspecified atom stereocenters. The van der Waals surface area contributed by atoms with Crippen LogP contribution in [0.25, 0.3) is 11.2 Å². The van der Waals surface area contributed by atoms with Crippen molar-refractivity contribution < 1.29 is 10.2 Å². The number of phenols is 1. The second kappa shape index (κ2) is 8.94. The van der Waals surface area contributed by atoms with Gasteiger partial charge in [0.25, 0.3) is 0 Å². The summed E-state index contributed by atoms with van der Waals surface area (Å²) in [7, 11) is 0. The number of aliphatic hydroxyl groups is 1. The van der Waals surface area contributed by atoms with Gasteiger partial charge in [-0.1, -0.05) is 37.0 Å². The zero-order valence-electron chi connectivity index (χ0n) is 19.4. The standard InChI is InChI=1S/C24H34N6O2/c1-15-10-11-19(31)17(12-15)13-25-21-20-22(29-23(28-21)27-16(2)24(3,4)32)30(14-26-20)18-8-6-5-7-9-18/h10-12,14,16,18,31-32H,5-9,13H2,1-4H3,(H2,25,27,28,29). The maximum Gasteiger partial charge on any atom is 0.227 e. The molecule has 0 spiro atoms. The van der Waals surface area contributed by atoms with Crippen LogP contribution in [0.3, 0.4) is 0 Å². The summed E-state index contributed by atoms with van der Waals surface area (Å²) in [6, 6.07) is 5.68. The van der Waals surface area contributed by atoms with Crippen LogP contribution in [-0.4, -0.2) is 41.4 Å². The van der Waals surface area contributed by atoms with Crippen LogP contribution >= 0.6 is 0 Å². The predicted molar refractivity (Wildman–Crippen MR) is 127 cm³/mol. The van der Waals surface area contributed by atoms with Crippen molar-refractivity contribution in [3.8, 4) is 5.75 Å². The number of anilines is 2. The van der Waals surface area contributed by atoms with Crippen LogP contribution in [0, 0.1) is 6.92 Å². The highest BCUT2D eigenvalue weighted by atomic mass is 16.3. The van der Waals surface area contributed by atoms with E-state index in [1.54, 1.807) is 19.9 Å². The van der Waals surface area contributed by atoms with Gasteiger partial charge in [0.05, 0.1) is 18.0 Å². The van der Waals surface area contributed by atoms with Gasteiger partial charge in [0.2, 0.25) is 5.95 Å². The lowest BCUT2D eigenvalue weighted by Gasteiger charge is -2.27. The van der Waals surface area contributed by atoms with E-state index in [0.29, 0.717) is 29.9 Å². The first-order valence-corrected chi connectivity index (χ1v) is 11.5. The Morgan fingerprint density at radius 2 is 1.94 bits per heavy atom. The highest BCUT2D eigenvalue weighted by Gasteiger charge is 2.25. The van der Waals surface area contributed by atoms with Gasteiger partial charge in [0.1, 0.15) is 5.75 Å². The highest BCUT2D eigenvalue weighted by molar-refractivity contribution is 5.84. The molecule has 1 aliphatic rings. The van der Waals surface area contributed by atoms with Crippen molar-refractivity contribution in [1.82, 2.24) is 19.5 Å². The van der Waals surface area contributed by atoms with Crippen molar-refractivity contribution >= 4 is 22.9 Å². The molecule has 8 nitrogen and oxygen atoms in total. The molecule has 4 rings (SSSR count). The van der Waals surface area contributed by atoms with E-state index in [1.165, 1.54) is 19.3 Å². The summed E-state index contributed by atoms with van der Waals surface area (Å²) < 4.78 is 2.17. The van der Waals surface area contributed by atoms with E-state index in [0.717, 1.165) is 29.6 Å². The van der Waals surface area contributed by atoms with E-state index in [4.69, 9.17) is 4.98 Å². The Hall–Kier alpha value is -2.87. The Bertz CT molecular complexity index is 1080. The largest absolute Gasteiger partial charge is 0.508 e. The molecule has 0 amide bonds. The molecule has 1 aliphatic carbocycles. The fourth-order valence-electron chi connectivity index (χ4n) is 4.14. The van der Waals surface area contributed by atoms with Crippen LogP contribution in [0.5, 0.6) is 5.75 Å². The van der Waals surface area contributed by atoms with E-state index in [1.807, 2.05) is 32.3 Å². The lowest BCUT2D eigenvalue weighted by molar-refractivity contribution is 0.0646. The van der Waals surface area contributed by atoms with Crippen LogP contribution in [-0.2, 0) is 6.54 Å². The zero-order chi connectivity index (χ0) is 22.9. The lowest BCUT2D eigenvalue weighted by Crippen LogP contribution is -2.39. The zero-order valence-corrected chi connectivity index (χ0v) is 19.4. The second-order valence-corrected chi connectivity index (χ2v) is 9.52. The SMILES string of the molecule is Cc1ccc(O)c(CNc2nc(NC(C)C(C)(C)O)nc3c2ncn3C2CCCCC2)c1.